The van der Waals surface area contributed by atoms with E-state index < -0.39 is 5.97 Å². The highest BCUT2D eigenvalue weighted by atomic mass is 16.5. The first-order valence-electron chi connectivity index (χ1n) is 5.78. The molecule has 1 N–H and O–H groups in total. The van der Waals surface area contributed by atoms with E-state index in [4.69, 9.17) is 9.84 Å². The van der Waals surface area contributed by atoms with Crippen LogP contribution in [0.3, 0.4) is 0 Å². The number of hydrogen-bond acceptors (Lipinski definition) is 4. The van der Waals surface area contributed by atoms with Crippen LogP contribution < -0.4 is 0 Å². The Morgan fingerprint density at radius 1 is 1.53 bits per heavy atom. The molecular formula is C11H19N3O3. The molecule has 0 saturated carbocycles. The van der Waals surface area contributed by atoms with Crippen molar-refractivity contribution >= 4 is 5.97 Å². The van der Waals surface area contributed by atoms with E-state index >= 15 is 0 Å². The van der Waals surface area contributed by atoms with Gasteiger partial charge in [-0.2, -0.15) is 0 Å². The third-order valence-electron chi connectivity index (χ3n) is 2.36. The topological polar surface area (TPSA) is 77.2 Å². The van der Waals surface area contributed by atoms with E-state index in [1.165, 1.54) is 0 Å². The molecular weight excluding hydrogens is 222 g/mol. The number of ether oxygens (including phenoxy) is 1. The summed E-state index contributed by atoms with van der Waals surface area (Å²) in [5.74, 6) is -0.690. The maximum Gasteiger partial charge on any atom is 0.309 e. The normalized spacial score (nSPS) is 11.1. The van der Waals surface area contributed by atoms with Gasteiger partial charge in [-0.15, -0.1) is 5.10 Å². The minimum absolute atomic E-state index is 0.0812. The predicted molar refractivity (Wildman–Crippen MR) is 61.9 cm³/mol. The summed E-state index contributed by atoms with van der Waals surface area (Å²) >= 11 is 0. The first-order chi connectivity index (χ1) is 8.06. The molecule has 17 heavy (non-hydrogen) atoms. The van der Waals surface area contributed by atoms with Gasteiger partial charge < -0.3 is 9.84 Å². The fourth-order valence-corrected chi connectivity index (χ4v) is 1.72. The molecule has 0 spiro atoms. The Bertz CT molecular complexity index is 374. The zero-order valence-corrected chi connectivity index (χ0v) is 10.5. The molecule has 0 atom stereocenters. The SMILES string of the molecule is CCOCCn1nnc(CC(=O)O)c1C(C)C. The molecule has 6 nitrogen and oxygen atoms in total. The van der Waals surface area contributed by atoms with Crippen LogP contribution in [-0.2, 0) is 22.5 Å². The van der Waals surface area contributed by atoms with Gasteiger partial charge in [-0.25, -0.2) is 4.68 Å². The molecule has 0 aliphatic heterocycles. The summed E-state index contributed by atoms with van der Waals surface area (Å²) in [7, 11) is 0. The molecule has 1 aromatic heterocycles. The second-order valence-corrected chi connectivity index (χ2v) is 4.07. The van der Waals surface area contributed by atoms with Crippen molar-refractivity contribution in [2.45, 2.75) is 39.7 Å². The van der Waals surface area contributed by atoms with Crippen LogP contribution in [-0.4, -0.2) is 39.3 Å². The van der Waals surface area contributed by atoms with E-state index in [9.17, 15) is 4.79 Å². The lowest BCUT2D eigenvalue weighted by molar-refractivity contribution is -0.136. The van der Waals surface area contributed by atoms with Crippen LogP contribution in [0.25, 0.3) is 0 Å². The number of aromatic nitrogens is 3. The monoisotopic (exact) mass is 241 g/mol. The van der Waals surface area contributed by atoms with Crippen molar-refractivity contribution in [1.29, 1.82) is 0 Å². The van der Waals surface area contributed by atoms with E-state index in [1.807, 2.05) is 20.8 Å². The molecule has 0 aliphatic carbocycles. The molecule has 0 amide bonds. The van der Waals surface area contributed by atoms with Gasteiger partial charge in [0.1, 0.15) is 0 Å². The first kappa shape index (κ1) is 13.6. The number of hydrogen-bond donors (Lipinski definition) is 1. The van der Waals surface area contributed by atoms with Crippen LogP contribution in [0.5, 0.6) is 0 Å². The highest BCUT2D eigenvalue weighted by Crippen LogP contribution is 2.17. The highest BCUT2D eigenvalue weighted by molar-refractivity contribution is 5.69. The Morgan fingerprint density at radius 3 is 2.76 bits per heavy atom. The molecule has 0 bridgehead atoms. The molecule has 6 heteroatoms. The molecule has 0 unspecified atom stereocenters. The Kier molecular flexibility index (Phi) is 5.09. The van der Waals surface area contributed by atoms with Crippen molar-refractivity contribution in [3.8, 4) is 0 Å². The van der Waals surface area contributed by atoms with Gasteiger partial charge in [-0.05, 0) is 12.8 Å². The summed E-state index contributed by atoms with van der Waals surface area (Å²) in [4.78, 5) is 10.7. The van der Waals surface area contributed by atoms with Gasteiger partial charge in [0.15, 0.2) is 0 Å². The Morgan fingerprint density at radius 2 is 2.24 bits per heavy atom. The van der Waals surface area contributed by atoms with Gasteiger partial charge in [0.05, 0.1) is 31.0 Å². The highest BCUT2D eigenvalue weighted by Gasteiger charge is 2.17. The number of rotatable bonds is 7. The van der Waals surface area contributed by atoms with Gasteiger partial charge in [0.2, 0.25) is 0 Å². The van der Waals surface area contributed by atoms with Crippen LogP contribution in [0.2, 0.25) is 0 Å². The summed E-state index contributed by atoms with van der Waals surface area (Å²) in [6.45, 7) is 7.76. The van der Waals surface area contributed by atoms with Crippen LogP contribution in [0, 0.1) is 0 Å². The van der Waals surface area contributed by atoms with Crippen molar-refractivity contribution in [3.63, 3.8) is 0 Å². The first-order valence-corrected chi connectivity index (χ1v) is 5.78. The lowest BCUT2D eigenvalue weighted by Crippen LogP contribution is -2.13. The maximum absolute atomic E-state index is 10.7. The molecule has 0 aliphatic rings. The molecule has 1 heterocycles. The summed E-state index contributed by atoms with van der Waals surface area (Å²) in [5, 5.41) is 16.7. The molecule has 0 radical (unpaired) electrons. The quantitative estimate of drug-likeness (QED) is 0.722. The standard InChI is InChI=1S/C11H19N3O3/c1-4-17-6-5-14-11(8(2)3)9(12-13-14)7-10(15)16/h8H,4-7H2,1-3H3,(H,15,16). The number of carboxylic acid groups (broad SMARTS) is 1. The van der Waals surface area contributed by atoms with E-state index in [0.29, 0.717) is 25.5 Å². The van der Waals surface area contributed by atoms with Crippen molar-refractivity contribution in [3.05, 3.63) is 11.4 Å². The van der Waals surface area contributed by atoms with Crippen LogP contribution >= 0.6 is 0 Å². The second kappa shape index (κ2) is 6.34. The molecule has 1 aromatic rings. The summed E-state index contributed by atoms with van der Waals surface area (Å²) in [6.07, 6.45) is -0.0812. The fourth-order valence-electron chi connectivity index (χ4n) is 1.72. The average molecular weight is 241 g/mol. The fraction of sp³-hybridized carbons (Fsp3) is 0.727. The molecule has 96 valence electrons. The van der Waals surface area contributed by atoms with Gasteiger partial charge in [0.25, 0.3) is 0 Å². The van der Waals surface area contributed by atoms with Crippen LogP contribution in [0.4, 0.5) is 0 Å². The van der Waals surface area contributed by atoms with Gasteiger partial charge >= 0.3 is 5.97 Å². The molecule has 0 saturated heterocycles. The lowest BCUT2D eigenvalue weighted by atomic mass is 10.1. The molecule has 0 fully saturated rings. The van der Waals surface area contributed by atoms with Gasteiger partial charge in [-0.3, -0.25) is 4.79 Å². The molecule has 0 aromatic carbocycles. The van der Waals surface area contributed by atoms with Gasteiger partial charge in [0, 0.05) is 6.61 Å². The lowest BCUT2D eigenvalue weighted by Gasteiger charge is -2.10. The van der Waals surface area contributed by atoms with Crippen LogP contribution in [0.1, 0.15) is 38.1 Å². The van der Waals surface area contributed by atoms with Crippen molar-refractivity contribution < 1.29 is 14.6 Å². The zero-order valence-electron chi connectivity index (χ0n) is 10.5. The van der Waals surface area contributed by atoms with E-state index in [2.05, 4.69) is 10.3 Å². The number of carbonyl (C=O) groups is 1. The third-order valence-corrected chi connectivity index (χ3v) is 2.36. The number of carboxylic acids is 1. The Hall–Kier alpha value is -1.43. The Balaban J connectivity index is 2.82. The minimum atomic E-state index is -0.885. The second-order valence-electron chi connectivity index (χ2n) is 4.07. The van der Waals surface area contributed by atoms with Crippen molar-refractivity contribution in [1.82, 2.24) is 15.0 Å². The zero-order chi connectivity index (χ0) is 12.8. The van der Waals surface area contributed by atoms with Crippen LogP contribution in [0.15, 0.2) is 0 Å². The predicted octanol–water partition coefficient (Wildman–Crippen LogP) is 1.07. The van der Waals surface area contributed by atoms with Crippen molar-refractivity contribution in [2.75, 3.05) is 13.2 Å². The van der Waals surface area contributed by atoms with E-state index in [-0.39, 0.29) is 12.3 Å². The van der Waals surface area contributed by atoms with Gasteiger partial charge in [-0.1, -0.05) is 19.1 Å². The minimum Gasteiger partial charge on any atom is -0.481 e. The maximum atomic E-state index is 10.7. The largest absolute Gasteiger partial charge is 0.481 e. The third kappa shape index (κ3) is 3.81. The summed E-state index contributed by atoms with van der Waals surface area (Å²) < 4.78 is 6.99. The summed E-state index contributed by atoms with van der Waals surface area (Å²) in [5.41, 5.74) is 1.43. The summed E-state index contributed by atoms with van der Waals surface area (Å²) in [6, 6.07) is 0. The smallest absolute Gasteiger partial charge is 0.309 e. The number of nitrogens with zero attached hydrogens (tertiary/aromatic N) is 3. The molecule has 1 rings (SSSR count). The Labute approximate surface area is 101 Å². The van der Waals surface area contributed by atoms with E-state index in [0.717, 1.165) is 5.69 Å². The van der Waals surface area contributed by atoms with E-state index in [1.54, 1.807) is 4.68 Å². The van der Waals surface area contributed by atoms with Crippen molar-refractivity contribution in [2.24, 2.45) is 0 Å². The number of aliphatic carboxylic acids is 1. The average Bonchev–Trinajstić information content (AvgIpc) is 2.60.